The Morgan fingerprint density at radius 1 is 0.870 bits per heavy atom. The number of nitrogens with zero attached hydrogens (tertiary/aromatic N) is 1. The first kappa shape index (κ1) is 16.2. The monoisotopic (exact) mass is 309 g/mol. The summed E-state index contributed by atoms with van der Waals surface area (Å²) < 4.78 is 0. The standard InChI is InChI=1S/C21H27NO/c1-17(2)22-15-13-20(14-16-22)21(23,18-9-5-3-6-10-18)19-11-7-4-8-12-19/h3-12,17,20,23H,13-16H2,1-2H3. The van der Waals surface area contributed by atoms with Crippen LogP contribution in [0.15, 0.2) is 60.7 Å². The summed E-state index contributed by atoms with van der Waals surface area (Å²) in [5.41, 5.74) is 1.12. The predicted octanol–water partition coefficient (Wildman–Crippen LogP) is 4.04. The molecular weight excluding hydrogens is 282 g/mol. The lowest BCUT2D eigenvalue weighted by Gasteiger charge is -2.43. The summed E-state index contributed by atoms with van der Waals surface area (Å²) in [7, 11) is 0. The van der Waals surface area contributed by atoms with E-state index < -0.39 is 5.60 Å². The summed E-state index contributed by atoms with van der Waals surface area (Å²) >= 11 is 0. The van der Waals surface area contributed by atoms with Crippen molar-refractivity contribution in [3.05, 3.63) is 71.8 Å². The molecule has 23 heavy (non-hydrogen) atoms. The minimum absolute atomic E-state index is 0.252. The van der Waals surface area contributed by atoms with Crippen LogP contribution in [0.4, 0.5) is 0 Å². The van der Waals surface area contributed by atoms with Crippen LogP contribution in [0, 0.1) is 5.92 Å². The van der Waals surface area contributed by atoms with Gasteiger partial charge in [-0.1, -0.05) is 60.7 Å². The van der Waals surface area contributed by atoms with Crippen LogP contribution >= 0.6 is 0 Å². The third-order valence-electron chi connectivity index (χ3n) is 5.28. The van der Waals surface area contributed by atoms with Crippen LogP contribution in [0.3, 0.4) is 0 Å². The molecule has 0 amide bonds. The molecule has 0 spiro atoms. The molecule has 0 aromatic heterocycles. The Balaban J connectivity index is 1.94. The van der Waals surface area contributed by atoms with E-state index in [1.54, 1.807) is 0 Å². The number of benzene rings is 2. The number of likely N-dealkylation sites (tertiary alicyclic amines) is 1. The number of aliphatic hydroxyl groups is 1. The Kier molecular flexibility index (Phi) is 4.84. The molecule has 0 atom stereocenters. The second kappa shape index (κ2) is 6.86. The fourth-order valence-electron chi connectivity index (χ4n) is 3.86. The molecule has 3 rings (SSSR count). The molecule has 0 unspecified atom stereocenters. The molecule has 2 aromatic rings. The zero-order valence-corrected chi connectivity index (χ0v) is 14.2. The quantitative estimate of drug-likeness (QED) is 0.921. The van der Waals surface area contributed by atoms with Crippen molar-refractivity contribution in [2.24, 2.45) is 5.92 Å². The van der Waals surface area contributed by atoms with Gasteiger partial charge in [0, 0.05) is 6.04 Å². The normalized spacial score (nSPS) is 17.6. The van der Waals surface area contributed by atoms with Crippen molar-refractivity contribution >= 4 is 0 Å². The number of hydrogen-bond donors (Lipinski definition) is 1. The van der Waals surface area contributed by atoms with Crippen LogP contribution in [0.2, 0.25) is 0 Å². The van der Waals surface area contributed by atoms with Gasteiger partial charge in [-0.25, -0.2) is 0 Å². The lowest BCUT2D eigenvalue weighted by molar-refractivity contribution is -0.0183. The molecule has 2 aromatic carbocycles. The van der Waals surface area contributed by atoms with Crippen molar-refractivity contribution < 1.29 is 5.11 Å². The maximum absolute atomic E-state index is 11.8. The van der Waals surface area contributed by atoms with Gasteiger partial charge in [0.2, 0.25) is 0 Å². The van der Waals surface area contributed by atoms with Crippen molar-refractivity contribution in [2.75, 3.05) is 13.1 Å². The van der Waals surface area contributed by atoms with E-state index in [9.17, 15) is 5.11 Å². The number of hydrogen-bond acceptors (Lipinski definition) is 2. The first-order valence-corrected chi connectivity index (χ1v) is 8.70. The molecule has 1 aliphatic heterocycles. The summed E-state index contributed by atoms with van der Waals surface area (Å²) in [4.78, 5) is 2.51. The SMILES string of the molecule is CC(C)N1CCC(C(O)(c2ccccc2)c2ccccc2)CC1. The molecule has 0 radical (unpaired) electrons. The molecule has 2 nitrogen and oxygen atoms in total. The maximum Gasteiger partial charge on any atom is 0.117 e. The maximum atomic E-state index is 11.8. The van der Waals surface area contributed by atoms with Crippen LogP contribution in [-0.4, -0.2) is 29.1 Å². The third kappa shape index (κ3) is 3.19. The summed E-state index contributed by atoms with van der Waals surface area (Å²) in [5, 5.41) is 11.8. The van der Waals surface area contributed by atoms with Gasteiger partial charge < -0.3 is 10.0 Å². The van der Waals surface area contributed by atoms with Crippen LogP contribution in [0.1, 0.15) is 37.8 Å². The summed E-state index contributed by atoms with van der Waals surface area (Å²) in [6.07, 6.45) is 2.05. The molecule has 0 saturated carbocycles. The summed E-state index contributed by atoms with van der Waals surface area (Å²) in [6, 6.07) is 20.9. The van der Waals surface area contributed by atoms with E-state index in [0.29, 0.717) is 6.04 Å². The molecule has 1 heterocycles. The topological polar surface area (TPSA) is 23.5 Å². The highest BCUT2D eigenvalue weighted by atomic mass is 16.3. The number of piperidine rings is 1. The van der Waals surface area contributed by atoms with E-state index in [-0.39, 0.29) is 5.92 Å². The van der Waals surface area contributed by atoms with Crippen molar-refractivity contribution in [2.45, 2.75) is 38.3 Å². The molecule has 0 bridgehead atoms. The van der Waals surface area contributed by atoms with Gasteiger partial charge in [-0.3, -0.25) is 0 Å². The molecule has 1 saturated heterocycles. The van der Waals surface area contributed by atoms with Crippen LogP contribution in [0.25, 0.3) is 0 Å². The molecular formula is C21H27NO. The molecule has 122 valence electrons. The summed E-state index contributed by atoms with van der Waals surface area (Å²) in [5.74, 6) is 0.252. The van der Waals surface area contributed by atoms with Crippen LogP contribution < -0.4 is 0 Å². The molecule has 1 N–H and O–H groups in total. The van der Waals surface area contributed by atoms with Gasteiger partial charge in [-0.05, 0) is 56.8 Å². The first-order valence-electron chi connectivity index (χ1n) is 8.70. The Bertz CT molecular complexity index is 561. The summed E-state index contributed by atoms with van der Waals surface area (Å²) in [6.45, 7) is 6.62. The first-order chi connectivity index (χ1) is 11.1. The van der Waals surface area contributed by atoms with E-state index in [2.05, 4.69) is 43.0 Å². The average Bonchev–Trinajstić information content (AvgIpc) is 2.62. The van der Waals surface area contributed by atoms with E-state index in [1.807, 2.05) is 36.4 Å². The Hall–Kier alpha value is -1.64. The zero-order chi connectivity index (χ0) is 16.3. The lowest BCUT2D eigenvalue weighted by Crippen LogP contribution is -2.46. The van der Waals surface area contributed by atoms with Gasteiger partial charge in [0.1, 0.15) is 5.60 Å². The Labute approximate surface area is 139 Å². The van der Waals surface area contributed by atoms with E-state index >= 15 is 0 Å². The van der Waals surface area contributed by atoms with Gasteiger partial charge in [0.05, 0.1) is 0 Å². The van der Waals surface area contributed by atoms with E-state index in [1.165, 1.54) is 0 Å². The largest absolute Gasteiger partial charge is 0.380 e. The van der Waals surface area contributed by atoms with Gasteiger partial charge in [-0.2, -0.15) is 0 Å². The van der Waals surface area contributed by atoms with Crippen molar-refractivity contribution in [1.29, 1.82) is 0 Å². The zero-order valence-electron chi connectivity index (χ0n) is 14.2. The van der Waals surface area contributed by atoms with Crippen molar-refractivity contribution in [3.8, 4) is 0 Å². The van der Waals surface area contributed by atoms with Gasteiger partial charge in [0.25, 0.3) is 0 Å². The second-order valence-corrected chi connectivity index (χ2v) is 6.90. The van der Waals surface area contributed by atoms with Crippen molar-refractivity contribution in [3.63, 3.8) is 0 Å². The Morgan fingerprint density at radius 3 is 1.70 bits per heavy atom. The smallest absolute Gasteiger partial charge is 0.117 e. The molecule has 0 aliphatic carbocycles. The van der Waals surface area contributed by atoms with E-state index in [4.69, 9.17) is 0 Å². The minimum Gasteiger partial charge on any atom is -0.380 e. The molecule has 2 heteroatoms. The highest BCUT2D eigenvalue weighted by Crippen LogP contribution is 2.42. The highest BCUT2D eigenvalue weighted by molar-refractivity contribution is 5.37. The predicted molar refractivity (Wildman–Crippen MR) is 95.3 cm³/mol. The Morgan fingerprint density at radius 2 is 1.30 bits per heavy atom. The minimum atomic E-state index is -0.897. The van der Waals surface area contributed by atoms with Crippen LogP contribution in [-0.2, 0) is 5.60 Å². The molecule has 1 fully saturated rings. The fourth-order valence-corrected chi connectivity index (χ4v) is 3.86. The fraction of sp³-hybridized carbons (Fsp3) is 0.429. The van der Waals surface area contributed by atoms with Gasteiger partial charge in [0.15, 0.2) is 0 Å². The van der Waals surface area contributed by atoms with Crippen LogP contribution in [0.5, 0.6) is 0 Å². The van der Waals surface area contributed by atoms with Gasteiger partial charge in [-0.15, -0.1) is 0 Å². The van der Waals surface area contributed by atoms with E-state index in [0.717, 1.165) is 37.1 Å². The van der Waals surface area contributed by atoms with Gasteiger partial charge >= 0.3 is 0 Å². The molecule has 1 aliphatic rings. The third-order valence-corrected chi connectivity index (χ3v) is 5.28. The number of rotatable bonds is 4. The highest BCUT2D eigenvalue weighted by Gasteiger charge is 2.41. The second-order valence-electron chi connectivity index (χ2n) is 6.90. The average molecular weight is 309 g/mol. The lowest BCUT2D eigenvalue weighted by atomic mass is 9.72. The van der Waals surface area contributed by atoms with Crippen molar-refractivity contribution in [1.82, 2.24) is 4.90 Å².